The zero-order valence-electron chi connectivity index (χ0n) is 14.1. The van der Waals surface area contributed by atoms with Crippen LogP contribution < -0.4 is 10.9 Å². The summed E-state index contributed by atoms with van der Waals surface area (Å²) in [5, 5.41) is 2.76. The number of rotatable bonds is 6. The van der Waals surface area contributed by atoms with Gasteiger partial charge < -0.3 is 14.6 Å². The van der Waals surface area contributed by atoms with Crippen LogP contribution >= 0.6 is 0 Å². The Balaban J connectivity index is 1.54. The minimum atomic E-state index is -0.552. The fourth-order valence-corrected chi connectivity index (χ4v) is 3.30. The molecule has 0 unspecified atom stereocenters. The summed E-state index contributed by atoms with van der Waals surface area (Å²) >= 11 is 0. The summed E-state index contributed by atoms with van der Waals surface area (Å²) in [6.45, 7) is 3.66. The summed E-state index contributed by atoms with van der Waals surface area (Å²) in [4.78, 5) is 37.7. The smallest absolute Gasteiger partial charge is 0.349 e. The highest BCUT2D eigenvalue weighted by Crippen LogP contribution is 2.36. The molecule has 2 aliphatic rings. The number of amides is 2. The van der Waals surface area contributed by atoms with Crippen LogP contribution in [0.1, 0.15) is 66.1 Å². The Morgan fingerprint density at radius 2 is 2.12 bits per heavy atom. The van der Waals surface area contributed by atoms with Crippen molar-refractivity contribution in [2.24, 2.45) is 0 Å². The lowest BCUT2D eigenvalue weighted by Crippen LogP contribution is -2.33. The van der Waals surface area contributed by atoms with E-state index in [0.717, 1.165) is 32.2 Å². The van der Waals surface area contributed by atoms with E-state index in [9.17, 15) is 14.4 Å². The van der Waals surface area contributed by atoms with Crippen molar-refractivity contribution in [3.05, 3.63) is 33.4 Å². The largest absolute Gasteiger partial charge is 0.427 e. The Labute approximate surface area is 141 Å². The molecule has 1 aromatic heterocycles. The van der Waals surface area contributed by atoms with Gasteiger partial charge in [0, 0.05) is 32.0 Å². The van der Waals surface area contributed by atoms with Crippen LogP contribution in [0, 0.1) is 6.92 Å². The van der Waals surface area contributed by atoms with Crippen LogP contribution in [-0.2, 0) is 4.79 Å². The predicted molar refractivity (Wildman–Crippen MR) is 89.1 cm³/mol. The van der Waals surface area contributed by atoms with Crippen molar-refractivity contribution < 1.29 is 14.0 Å². The molecule has 0 spiro atoms. The molecule has 2 amide bonds. The summed E-state index contributed by atoms with van der Waals surface area (Å²) in [7, 11) is 0. The molecule has 130 valence electrons. The van der Waals surface area contributed by atoms with Gasteiger partial charge in [-0.15, -0.1) is 0 Å². The molecular weight excluding hydrogens is 308 g/mol. The van der Waals surface area contributed by atoms with Gasteiger partial charge in [0.1, 0.15) is 11.3 Å². The summed E-state index contributed by atoms with van der Waals surface area (Å²) in [5.41, 5.74) is 0.208. The van der Waals surface area contributed by atoms with Gasteiger partial charge in [0.15, 0.2) is 0 Å². The van der Waals surface area contributed by atoms with E-state index in [-0.39, 0.29) is 11.5 Å². The third-order valence-electron chi connectivity index (χ3n) is 4.96. The van der Waals surface area contributed by atoms with E-state index < -0.39 is 11.5 Å². The topological polar surface area (TPSA) is 79.6 Å². The number of carbonyl (C=O) groups excluding carboxylic acids is 2. The fourth-order valence-electron chi connectivity index (χ4n) is 3.30. The van der Waals surface area contributed by atoms with Gasteiger partial charge in [0.05, 0.1) is 0 Å². The fraction of sp³-hybridized carbons (Fsp3) is 0.611. The van der Waals surface area contributed by atoms with Gasteiger partial charge >= 0.3 is 5.63 Å². The zero-order chi connectivity index (χ0) is 17.1. The van der Waals surface area contributed by atoms with Gasteiger partial charge in [-0.3, -0.25) is 9.59 Å². The number of hydrogen-bond donors (Lipinski definition) is 1. The quantitative estimate of drug-likeness (QED) is 0.808. The number of carbonyl (C=O) groups is 2. The van der Waals surface area contributed by atoms with Crippen molar-refractivity contribution in [1.82, 2.24) is 10.2 Å². The molecule has 1 aromatic rings. The van der Waals surface area contributed by atoms with Crippen LogP contribution in [-0.4, -0.2) is 36.3 Å². The van der Waals surface area contributed by atoms with Crippen LogP contribution in [0.15, 0.2) is 15.3 Å². The lowest BCUT2D eigenvalue weighted by atomic mass is 9.83. The van der Waals surface area contributed by atoms with Gasteiger partial charge in [0.2, 0.25) is 5.91 Å². The maximum Gasteiger partial charge on any atom is 0.349 e. The van der Waals surface area contributed by atoms with Crippen molar-refractivity contribution in [1.29, 1.82) is 0 Å². The average Bonchev–Trinajstić information content (AvgIpc) is 2.86. The summed E-state index contributed by atoms with van der Waals surface area (Å²) in [6, 6.07) is 1.82. The molecule has 3 rings (SSSR count). The Morgan fingerprint density at radius 3 is 2.71 bits per heavy atom. The summed E-state index contributed by atoms with van der Waals surface area (Å²) in [5.74, 6) is 0.818. The van der Waals surface area contributed by atoms with Crippen LogP contribution in [0.5, 0.6) is 0 Å². The highest BCUT2D eigenvalue weighted by Gasteiger charge is 2.25. The summed E-state index contributed by atoms with van der Waals surface area (Å²) in [6.07, 6.45) is 5.47. The molecule has 1 saturated heterocycles. The molecule has 0 atom stereocenters. The average molecular weight is 332 g/mol. The molecule has 2 heterocycles. The first-order chi connectivity index (χ1) is 11.6. The van der Waals surface area contributed by atoms with E-state index in [1.54, 1.807) is 6.92 Å². The van der Waals surface area contributed by atoms with Gasteiger partial charge in [-0.1, -0.05) is 6.42 Å². The predicted octanol–water partition coefficient (Wildman–Crippen LogP) is 1.96. The van der Waals surface area contributed by atoms with Crippen LogP contribution in [0.3, 0.4) is 0 Å². The maximum absolute atomic E-state index is 12.3. The second-order valence-corrected chi connectivity index (χ2v) is 6.72. The lowest BCUT2D eigenvalue weighted by molar-refractivity contribution is -0.127. The Kier molecular flexibility index (Phi) is 5.02. The van der Waals surface area contributed by atoms with E-state index >= 15 is 0 Å². The number of likely N-dealkylation sites (tertiary alicyclic amines) is 1. The maximum atomic E-state index is 12.3. The number of nitrogens with one attached hydrogen (secondary N) is 1. The molecule has 0 radical (unpaired) electrons. The monoisotopic (exact) mass is 332 g/mol. The molecule has 6 heteroatoms. The third kappa shape index (κ3) is 3.52. The molecular formula is C18H24N2O4. The van der Waals surface area contributed by atoms with Crippen LogP contribution in [0.25, 0.3) is 0 Å². The second-order valence-electron chi connectivity index (χ2n) is 6.72. The first-order valence-corrected chi connectivity index (χ1v) is 8.77. The Bertz CT molecular complexity index is 691. The Hall–Kier alpha value is -2.11. The van der Waals surface area contributed by atoms with Crippen molar-refractivity contribution in [2.45, 2.75) is 51.4 Å². The molecule has 0 aromatic carbocycles. The first kappa shape index (κ1) is 16.7. The van der Waals surface area contributed by atoms with E-state index in [2.05, 4.69) is 5.32 Å². The molecule has 24 heavy (non-hydrogen) atoms. The zero-order valence-corrected chi connectivity index (χ0v) is 14.1. The van der Waals surface area contributed by atoms with E-state index in [0.29, 0.717) is 43.2 Å². The molecule has 1 N–H and O–H groups in total. The van der Waals surface area contributed by atoms with E-state index in [1.807, 2.05) is 11.0 Å². The standard InChI is InChI=1S/C18H24N2O4/c1-12-11-14(13-5-2-6-13)24-18(23)16(12)17(22)19-8-4-10-20-9-3-7-15(20)21/h11,13H,2-10H2,1H3,(H,19,22). The molecule has 1 aliphatic heterocycles. The van der Waals surface area contributed by atoms with Crippen molar-refractivity contribution >= 4 is 11.8 Å². The summed E-state index contributed by atoms with van der Waals surface area (Å²) < 4.78 is 5.35. The molecule has 1 saturated carbocycles. The molecule has 1 aliphatic carbocycles. The van der Waals surface area contributed by atoms with E-state index in [4.69, 9.17) is 4.42 Å². The third-order valence-corrected chi connectivity index (χ3v) is 4.96. The molecule has 6 nitrogen and oxygen atoms in total. The SMILES string of the molecule is Cc1cc(C2CCC2)oc(=O)c1C(=O)NCCCN1CCCC1=O. The van der Waals surface area contributed by atoms with Gasteiger partial charge in [-0.25, -0.2) is 4.79 Å². The number of hydrogen-bond acceptors (Lipinski definition) is 4. The highest BCUT2D eigenvalue weighted by atomic mass is 16.4. The number of nitrogens with zero attached hydrogens (tertiary/aromatic N) is 1. The second kappa shape index (κ2) is 7.20. The lowest BCUT2D eigenvalue weighted by Gasteiger charge is -2.24. The van der Waals surface area contributed by atoms with Crippen LogP contribution in [0.4, 0.5) is 0 Å². The Morgan fingerprint density at radius 1 is 1.33 bits per heavy atom. The molecule has 0 bridgehead atoms. The van der Waals surface area contributed by atoms with Crippen LogP contribution in [0.2, 0.25) is 0 Å². The van der Waals surface area contributed by atoms with Gasteiger partial charge in [-0.05, 0) is 44.2 Å². The molecule has 2 fully saturated rings. The minimum absolute atomic E-state index is 0.0929. The highest BCUT2D eigenvalue weighted by molar-refractivity contribution is 5.95. The number of aryl methyl sites for hydroxylation is 1. The van der Waals surface area contributed by atoms with E-state index in [1.165, 1.54) is 0 Å². The minimum Gasteiger partial charge on any atom is -0.427 e. The first-order valence-electron chi connectivity index (χ1n) is 8.77. The van der Waals surface area contributed by atoms with Crippen molar-refractivity contribution in [3.63, 3.8) is 0 Å². The van der Waals surface area contributed by atoms with Crippen molar-refractivity contribution in [3.8, 4) is 0 Å². The van der Waals surface area contributed by atoms with Gasteiger partial charge in [-0.2, -0.15) is 0 Å². The normalized spacial score (nSPS) is 17.9. The van der Waals surface area contributed by atoms with Gasteiger partial charge in [0.25, 0.3) is 5.91 Å². The van der Waals surface area contributed by atoms with Crippen molar-refractivity contribution in [2.75, 3.05) is 19.6 Å².